The Labute approximate surface area is 72.5 Å². The molecule has 0 aromatic rings. The zero-order valence-corrected chi connectivity index (χ0v) is 7.60. The number of hydrogen-bond acceptors (Lipinski definition) is 1. The van der Waals surface area contributed by atoms with Crippen molar-refractivity contribution in [2.75, 3.05) is 19.0 Å². The molecule has 0 aromatic heterocycles. The predicted molar refractivity (Wildman–Crippen MR) is 45.7 cm³/mol. The van der Waals surface area contributed by atoms with E-state index in [4.69, 9.17) is 11.6 Å². The molecule has 1 aliphatic rings. The molecule has 64 valence electrons. The molecule has 0 spiro atoms. The summed E-state index contributed by atoms with van der Waals surface area (Å²) < 4.78 is 0. The Morgan fingerprint density at radius 1 is 1.73 bits per heavy atom. The molecule has 0 bridgehead atoms. The predicted octanol–water partition coefficient (Wildman–Crippen LogP) is 1.48. The van der Waals surface area contributed by atoms with E-state index in [9.17, 15) is 4.79 Å². The fourth-order valence-corrected chi connectivity index (χ4v) is 1.65. The Kier molecular flexibility index (Phi) is 3.18. The number of rotatable bonds is 3. The van der Waals surface area contributed by atoms with Gasteiger partial charge in [0.25, 0.3) is 0 Å². The fraction of sp³-hybridized carbons (Fsp3) is 0.875. The fourth-order valence-electron chi connectivity index (χ4n) is 1.44. The van der Waals surface area contributed by atoms with Crippen LogP contribution in [0.4, 0.5) is 0 Å². The zero-order chi connectivity index (χ0) is 8.27. The van der Waals surface area contributed by atoms with Crippen LogP contribution in [-0.4, -0.2) is 29.8 Å². The van der Waals surface area contributed by atoms with Crippen LogP contribution >= 0.6 is 11.6 Å². The molecule has 0 aromatic carbocycles. The number of nitrogens with zero attached hydrogens (tertiary/aromatic N) is 1. The lowest BCUT2D eigenvalue weighted by molar-refractivity contribution is -0.127. The lowest BCUT2D eigenvalue weighted by Gasteiger charge is -2.14. The highest BCUT2D eigenvalue weighted by Gasteiger charge is 2.27. The normalized spacial score (nSPS) is 24.7. The monoisotopic (exact) mass is 175 g/mol. The van der Waals surface area contributed by atoms with Gasteiger partial charge < -0.3 is 4.90 Å². The average molecular weight is 176 g/mol. The highest BCUT2D eigenvalue weighted by Crippen LogP contribution is 2.18. The Hall–Kier alpha value is -0.240. The van der Waals surface area contributed by atoms with Crippen LogP contribution in [0.1, 0.15) is 19.8 Å². The Morgan fingerprint density at radius 2 is 2.45 bits per heavy atom. The van der Waals surface area contributed by atoms with Crippen LogP contribution in [0.3, 0.4) is 0 Å². The standard InChI is InChI=1S/C8H14ClNO/c1-2-3-10-6-7(5-9)4-8(10)11/h7H,2-6H2,1H3. The van der Waals surface area contributed by atoms with E-state index in [2.05, 4.69) is 6.92 Å². The smallest absolute Gasteiger partial charge is 0.222 e. The lowest BCUT2D eigenvalue weighted by atomic mass is 10.1. The second-order valence-corrected chi connectivity index (χ2v) is 3.37. The molecule has 1 aliphatic heterocycles. The molecule has 0 saturated carbocycles. The molecular formula is C8H14ClNO. The van der Waals surface area contributed by atoms with Gasteiger partial charge >= 0.3 is 0 Å². The summed E-state index contributed by atoms with van der Waals surface area (Å²) in [4.78, 5) is 13.1. The van der Waals surface area contributed by atoms with Gasteiger partial charge in [-0.1, -0.05) is 6.92 Å². The van der Waals surface area contributed by atoms with Crippen LogP contribution in [0, 0.1) is 5.92 Å². The SMILES string of the molecule is CCCN1CC(CCl)CC1=O. The first kappa shape index (κ1) is 8.85. The van der Waals surface area contributed by atoms with Crippen molar-refractivity contribution in [1.82, 2.24) is 4.90 Å². The minimum atomic E-state index is 0.275. The van der Waals surface area contributed by atoms with Crippen LogP contribution in [0.5, 0.6) is 0 Å². The third-order valence-electron chi connectivity index (χ3n) is 2.01. The Bertz CT molecular complexity index is 149. The molecule has 1 fully saturated rings. The number of alkyl halides is 1. The summed E-state index contributed by atoms with van der Waals surface area (Å²) in [5.74, 6) is 1.29. The number of halogens is 1. The van der Waals surface area contributed by atoms with Gasteiger partial charge in [-0.05, 0) is 12.3 Å². The number of likely N-dealkylation sites (tertiary alicyclic amines) is 1. The van der Waals surface area contributed by atoms with Crippen molar-refractivity contribution in [2.24, 2.45) is 5.92 Å². The molecule has 1 atom stereocenters. The third kappa shape index (κ3) is 2.09. The van der Waals surface area contributed by atoms with Gasteiger partial charge in [0.2, 0.25) is 5.91 Å². The van der Waals surface area contributed by atoms with Crippen molar-refractivity contribution in [2.45, 2.75) is 19.8 Å². The summed E-state index contributed by atoms with van der Waals surface area (Å²) in [6.45, 7) is 3.85. The van der Waals surface area contributed by atoms with E-state index >= 15 is 0 Å². The molecule has 11 heavy (non-hydrogen) atoms. The Balaban J connectivity index is 2.38. The third-order valence-corrected chi connectivity index (χ3v) is 2.44. The van der Waals surface area contributed by atoms with Gasteiger partial charge in [-0.25, -0.2) is 0 Å². The molecule has 2 nitrogen and oxygen atoms in total. The van der Waals surface area contributed by atoms with Gasteiger partial charge in [-0.15, -0.1) is 11.6 Å². The summed E-state index contributed by atoms with van der Waals surface area (Å²) in [5, 5.41) is 0. The molecule has 0 N–H and O–H groups in total. The highest BCUT2D eigenvalue weighted by molar-refractivity contribution is 6.18. The summed E-state index contributed by atoms with van der Waals surface area (Å²) in [7, 11) is 0. The molecule has 1 saturated heterocycles. The molecular weight excluding hydrogens is 162 g/mol. The van der Waals surface area contributed by atoms with E-state index in [0.29, 0.717) is 18.2 Å². The second kappa shape index (κ2) is 3.96. The molecule has 0 aliphatic carbocycles. The van der Waals surface area contributed by atoms with Gasteiger partial charge in [0.1, 0.15) is 0 Å². The van der Waals surface area contributed by atoms with E-state index in [0.717, 1.165) is 19.5 Å². The largest absolute Gasteiger partial charge is 0.342 e. The highest BCUT2D eigenvalue weighted by atomic mass is 35.5. The minimum absolute atomic E-state index is 0.275. The van der Waals surface area contributed by atoms with Crippen LogP contribution < -0.4 is 0 Å². The molecule has 1 unspecified atom stereocenters. The first-order chi connectivity index (χ1) is 5.27. The van der Waals surface area contributed by atoms with Gasteiger partial charge in [0.05, 0.1) is 0 Å². The van der Waals surface area contributed by atoms with E-state index < -0.39 is 0 Å². The van der Waals surface area contributed by atoms with Crippen molar-refractivity contribution in [3.05, 3.63) is 0 Å². The van der Waals surface area contributed by atoms with Crippen molar-refractivity contribution in [3.63, 3.8) is 0 Å². The molecule has 1 heterocycles. The average Bonchev–Trinajstić information content (AvgIpc) is 2.33. The number of amides is 1. The maximum atomic E-state index is 11.2. The van der Waals surface area contributed by atoms with E-state index in [1.54, 1.807) is 0 Å². The number of carbonyl (C=O) groups is 1. The van der Waals surface area contributed by atoms with E-state index in [-0.39, 0.29) is 5.91 Å². The van der Waals surface area contributed by atoms with Gasteiger partial charge in [0, 0.05) is 25.4 Å². The minimum Gasteiger partial charge on any atom is -0.342 e. The first-order valence-corrected chi connectivity index (χ1v) is 4.65. The molecule has 3 heteroatoms. The van der Waals surface area contributed by atoms with Crippen molar-refractivity contribution in [3.8, 4) is 0 Å². The quantitative estimate of drug-likeness (QED) is 0.596. The maximum absolute atomic E-state index is 11.2. The lowest BCUT2D eigenvalue weighted by Crippen LogP contribution is -2.25. The molecule has 1 amide bonds. The van der Waals surface area contributed by atoms with Crippen LogP contribution in [0.15, 0.2) is 0 Å². The molecule has 1 rings (SSSR count). The van der Waals surface area contributed by atoms with Crippen molar-refractivity contribution in [1.29, 1.82) is 0 Å². The van der Waals surface area contributed by atoms with E-state index in [1.807, 2.05) is 4.90 Å². The van der Waals surface area contributed by atoms with Crippen molar-refractivity contribution >= 4 is 17.5 Å². The van der Waals surface area contributed by atoms with E-state index in [1.165, 1.54) is 0 Å². The summed E-state index contributed by atoms with van der Waals surface area (Å²) in [6, 6.07) is 0. The summed E-state index contributed by atoms with van der Waals surface area (Å²) in [6.07, 6.45) is 1.70. The van der Waals surface area contributed by atoms with Gasteiger partial charge in [0.15, 0.2) is 0 Å². The van der Waals surface area contributed by atoms with Crippen LogP contribution in [0.2, 0.25) is 0 Å². The maximum Gasteiger partial charge on any atom is 0.222 e. The molecule has 0 radical (unpaired) electrons. The van der Waals surface area contributed by atoms with Gasteiger partial charge in [-0.3, -0.25) is 4.79 Å². The topological polar surface area (TPSA) is 20.3 Å². The van der Waals surface area contributed by atoms with Crippen molar-refractivity contribution < 1.29 is 4.79 Å². The number of hydrogen-bond donors (Lipinski definition) is 0. The summed E-state index contributed by atoms with van der Waals surface area (Å²) >= 11 is 5.66. The zero-order valence-electron chi connectivity index (χ0n) is 6.85. The second-order valence-electron chi connectivity index (χ2n) is 3.06. The summed E-state index contributed by atoms with van der Waals surface area (Å²) in [5.41, 5.74) is 0. The van der Waals surface area contributed by atoms with Crippen LogP contribution in [-0.2, 0) is 4.79 Å². The van der Waals surface area contributed by atoms with Gasteiger partial charge in [-0.2, -0.15) is 0 Å². The Morgan fingerprint density at radius 3 is 2.91 bits per heavy atom. The van der Waals surface area contributed by atoms with Crippen LogP contribution in [0.25, 0.3) is 0 Å². The number of carbonyl (C=O) groups excluding carboxylic acids is 1. The first-order valence-electron chi connectivity index (χ1n) is 4.11.